The quantitative estimate of drug-likeness (QED) is 0.723. The van der Waals surface area contributed by atoms with E-state index >= 15 is 0 Å². The number of β-amino-alcohol motifs (C(OH)–C–C–N with tert-alkyl or cyclic N) is 1. The molecule has 0 amide bonds. The van der Waals surface area contributed by atoms with E-state index in [0.717, 1.165) is 43.5 Å². The van der Waals surface area contributed by atoms with E-state index in [-0.39, 0.29) is 0 Å². The summed E-state index contributed by atoms with van der Waals surface area (Å²) in [5.74, 6) is 1.33. The summed E-state index contributed by atoms with van der Waals surface area (Å²) in [6, 6.07) is 16.2. The van der Waals surface area contributed by atoms with E-state index in [9.17, 15) is 5.11 Å². The van der Waals surface area contributed by atoms with Gasteiger partial charge in [-0.2, -0.15) is 0 Å². The molecular formula is C23H31ClN2O2. The van der Waals surface area contributed by atoms with Gasteiger partial charge in [-0.15, -0.1) is 0 Å². The van der Waals surface area contributed by atoms with Gasteiger partial charge in [0, 0.05) is 44.3 Å². The zero-order valence-corrected chi connectivity index (χ0v) is 17.6. The number of hydrogen-bond donors (Lipinski definition) is 1. The molecule has 152 valence electrons. The third-order valence-corrected chi connectivity index (χ3v) is 5.49. The molecule has 1 heterocycles. The predicted octanol–water partition coefficient (Wildman–Crippen LogP) is 4.02. The summed E-state index contributed by atoms with van der Waals surface area (Å²) in [4.78, 5) is 4.76. The van der Waals surface area contributed by atoms with Gasteiger partial charge >= 0.3 is 0 Å². The Bertz CT molecular complexity index is 710. The fourth-order valence-electron chi connectivity index (χ4n) is 3.47. The van der Waals surface area contributed by atoms with Crippen LogP contribution in [-0.2, 0) is 6.54 Å². The lowest BCUT2D eigenvalue weighted by molar-refractivity contribution is 0.0446. The van der Waals surface area contributed by atoms with Gasteiger partial charge in [0.05, 0.1) is 0 Å². The molecule has 3 rings (SSSR count). The predicted molar refractivity (Wildman–Crippen MR) is 115 cm³/mol. The molecular weight excluding hydrogens is 372 g/mol. The number of aliphatic hydroxyl groups is 1. The van der Waals surface area contributed by atoms with Crippen LogP contribution >= 0.6 is 11.6 Å². The minimum Gasteiger partial charge on any atom is -0.491 e. The number of hydrogen-bond acceptors (Lipinski definition) is 4. The summed E-state index contributed by atoms with van der Waals surface area (Å²) < 4.78 is 5.76. The van der Waals surface area contributed by atoms with E-state index in [1.54, 1.807) is 0 Å². The van der Waals surface area contributed by atoms with Crippen molar-refractivity contribution in [1.82, 2.24) is 9.80 Å². The molecule has 1 N–H and O–H groups in total. The van der Waals surface area contributed by atoms with E-state index < -0.39 is 6.10 Å². The Balaban J connectivity index is 1.36. The standard InChI is InChI=1S/C23H31ClN2O2/c1-18(2)20-5-9-23(10-6-20)28-17-22(27)16-26-13-11-25(12-14-26)15-19-3-7-21(24)8-4-19/h3-10,18,22,27H,11-17H2,1-2H3. The summed E-state index contributed by atoms with van der Waals surface area (Å²) in [7, 11) is 0. The lowest BCUT2D eigenvalue weighted by atomic mass is 10.0. The minimum atomic E-state index is -0.479. The third-order valence-electron chi connectivity index (χ3n) is 5.24. The first-order valence-corrected chi connectivity index (χ1v) is 10.5. The molecule has 28 heavy (non-hydrogen) atoms. The summed E-state index contributed by atoms with van der Waals surface area (Å²) in [5, 5.41) is 11.1. The maximum Gasteiger partial charge on any atom is 0.119 e. The smallest absolute Gasteiger partial charge is 0.119 e. The molecule has 2 aromatic carbocycles. The van der Waals surface area contributed by atoms with Crippen molar-refractivity contribution >= 4 is 11.6 Å². The van der Waals surface area contributed by atoms with Gasteiger partial charge < -0.3 is 9.84 Å². The molecule has 1 unspecified atom stereocenters. The number of ether oxygens (including phenoxy) is 1. The highest BCUT2D eigenvalue weighted by Gasteiger charge is 2.19. The molecule has 0 saturated carbocycles. The summed E-state index contributed by atoms with van der Waals surface area (Å²) in [6.07, 6.45) is -0.479. The molecule has 1 aliphatic rings. The number of rotatable bonds is 8. The van der Waals surface area contributed by atoms with Crippen LogP contribution in [0.25, 0.3) is 0 Å². The first-order valence-electron chi connectivity index (χ1n) is 10.1. The fraction of sp³-hybridized carbons (Fsp3) is 0.478. The topological polar surface area (TPSA) is 35.9 Å². The zero-order valence-electron chi connectivity index (χ0n) is 16.9. The average molecular weight is 403 g/mol. The Morgan fingerprint density at radius 1 is 0.929 bits per heavy atom. The molecule has 1 saturated heterocycles. The Labute approximate surface area is 173 Å². The molecule has 1 fully saturated rings. The molecule has 4 nitrogen and oxygen atoms in total. The highest BCUT2D eigenvalue weighted by Crippen LogP contribution is 2.19. The van der Waals surface area contributed by atoms with Gasteiger partial charge in [0.15, 0.2) is 0 Å². The SMILES string of the molecule is CC(C)c1ccc(OCC(O)CN2CCN(Cc3ccc(Cl)cc3)CC2)cc1. The van der Waals surface area contributed by atoms with Crippen LogP contribution in [0.1, 0.15) is 30.9 Å². The monoisotopic (exact) mass is 402 g/mol. The van der Waals surface area contributed by atoms with Crippen molar-refractivity contribution in [3.05, 3.63) is 64.7 Å². The van der Waals surface area contributed by atoms with E-state index in [4.69, 9.17) is 16.3 Å². The average Bonchev–Trinajstić information content (AvgIpc) is 2.70. The molecule has 2 aromatic rings. The van der Waals surface area contributed by atoms with Gasteiger partial charge in [0.1, 0.15) is 18.5 Å². The normalized spacial score (nSPS) is 17.0. The van der Waals surface area contributed by atoms with Crippen LogP contribution < -0.4 is 4.74 Å². The van der Waals surface area contributed by atoms with Crippen LogP contribution in [0, 0.1) is 0 Å². The van der Waals surface area contributed by atoms with Crippen molar-refractivity contribution < 1.29 is 9.84 Å². The fourth-order valence-corrected chi connectivity index (χ4v) is 3.60. The van der Waals surface area contributed by atoms with E-state index in [2.05, 4.69) is 47.9 Å². The van der Waals surface area contributed by atoms with Crippen molar-refractivity contribution in [2.24, 2.45) is 0 Å². The Morgan fingerprint density at radius 3 is 2.14 bits per heavy atom. The molecule has 0 aliphatic carbocycles. The number of benzene rings is 2. The first kappa shape index (κ1) is 21.1. The second-order valence-electron chi connectivity index (χ2n) is 7.89. The van der Waals surface area contributed by atoms with Gasteiger partial charge in [-0.05, 0) is 41.3 Å². The summed E-state index contributed by atoms with van der Waals surface area (Å²) in [5.41, 5.74) is 2.58. The Morgan fingerprint density at radius 2 is 1.54 bits per heavy atom. The van der Waals surface area contributed by atoms with Crippen LogP contribution in [0.5, 0.6) is 5.75 Å². The maximum atomic E-state index is 10.3. The van der Waals surface area contributed by atoms with Crippen molar-refractivity contribution in [2.75, 3.05) is 39.3 Å². The Hall–Kier alpha value is -1.59. The van der Waals surface area contributed by atoms with Gasteiger partial charge in [-0.25, -0.2) is 0 Å². The van der Waals surface area contributed by atoms with Crippen LogP contribution in [0.2, 0.25) is 5.02 Å². The lowest BCUT2D eigenvalue weighted by Crippen LogP contribution is -2.48. The summed E-state index contributed by atoms with van der Waals surface area (Å²) >= 11 is 5.95. The lowest BCUT2D eigenvalue weighted by Gasteiger charge is -2.35. The zero-order chi connectivity index (χ0) is 19.9. The largest absolute Gasteiger partial charge is 0.491 e. The third kappa shape index (κ3) is 6.49. The van der Waals surface area contributed by atoms with Crippen LogP contribution in [0.15, 0.2) is 48.5 Å². The van der Waals surface area contributed by atoms with Gasteiger partial charge in [-0.3, -0.25) is 9.80 Å². The molecule has 0 spiro atoms. The van der Waals surface area contributed by atoms with E-state index in [1.165, 1.54) is 11.1 Å². The second kappa shape index (κ2) is 10.3. The number of nitrogens with zero attached hydrogens (tertiary/aromatic N) is 2. The Kier molecular flexibility index (Phi) is 7.74. The van der Waals surface area contributed by atoms with Gasteiger partial charge in [0.2, 0.25) is 0 Å². The minimum absolute atomic E-state index is 0.325. The first-order chi connectivity index (χ1) is 13.5. The molecule has 1 atom stereocenters. The van der Waals surface area contributed by atoms with E-state index in [1.807, 2.05) is 24.3 Å². The highest BCUT2D eigenvalue weighted by molar-refractivity contribution is 6.30. The summed E-state index contributed by atoms with van der Waals surface area (Å²) in [6.45, 7) is 10.2. The molecule has 1 aliphatic heterocycles. The second-order valence-corrected chi connectivity index (χ2v) is 8.33. The van der Waals surface area contributed by atoms with Crippen LogP contribution in [-0.4, -0.2) is 60.3 Å². The number of aliphatic hydroxyl groups excluding tert-OH is 1. The molecule has 0 aromatic heterocycles. The van der Waals surface area contributed by atoms with Crippen molar-refractivity contribution in [3.8, 4) is 5.75 Å². The van der Waals surface area contributed by atoms with Gasteiger partial charge in [-0.1, -0.05) is 49.7 Å². The number of piperazine rings is 1. The van der Waals surface area contributed by atoms with Crippen molar-refractivity contribution in [2.45, 2.75) is 32.4 Å². The van der Waals surface area contributed by atoms with Crippen molar-refractivity contribution in [1.29, 1.82) is 0 Å². The maximum absolute atomic E-state index is 10.3. The number of halogens is 1. The van der Waals surface area contributed by atoms with Crippen molar-refractivity contribution in [3.63, 3.8) is 0 Å². The van der Waals surface area contributed by atoms with Crippen LogP contribution in [0.3, 0.4) is 0 Å². The van der Waals surface area contributed by atoms with Crippen LogP contribution in [0.4, 0.5) is 0 Å². The molecule has 0 bridgehead atoms. The van der Waals surface area contributed by atoms with E-state index in [0.29, 0.717) is 19.1 Å². The molecule has 0 radical (unpaired) electrons. The van der Waals surface area contributed by atoms with Gasteiger partial charge in [0.25, 0.3) is 0 Å². The highest BCUT2D eigenvalue weighted by atomic mass is 35.5. The molecule has 5 heteroatoms.